The molecule has 1 aromatic carbocycles. The van der Waals surface area contributed by atoms with Gasteiger partial charge in [0, 0.05) is 26.1 Å². The van der Waals surface area contributed by atoms with Crippen molar-refractivity contribution in [2.75, 3.05) is 25.4 Å². The molecule has 0 saturated carbocycles. The number of aromatic amines is 1. The van der Waals surface area contributed by atoms with Gasteiger partial charge < -0.3 is 15.2 Å². The Hall–Kier alpha value is -2.02. The molecule has 1 saturated heterocycles. The summed E-state index contributed by atoms with van der Waals surface area (Å²) >= 11 is 1.40. The summed E-state index contributed by atoms with van der Waals surface area (Å²) in [5.74, 6) is 0.558. The van der Waals surface area contributed by atoms with Crippen LogP contribution in [0.15, 0.2) is 23.4 Å². The SMILES string of the molecule is Cc1ccc2nc(SCC(=O)NCCCN3CCCC3=O)[nH]c2c1. The van der Waals surface area contributed by atoms with Gasteiger partial charge in [-0.25, -0.2) is 4.98 Å². The highest BCUT2D eigenvalue weighted by atomic mass is 32.2. The van der Waals surface area contributed by atoms with Gasteiger partial charge in [0.05, 0.1) is 16.8 Å². The quantitative estimate of drug-likeness (QED) is 0.594. The second-order valence-corrected chi connectivity index (χ2v) is 7.00. The zero-order chi connectivity index (χ0) is 16.9. The second-order valence-electron chi connectivity index (χ2n) is 6.04. The zero-order valence-corrected chi connectivity index (χ0v) is 14.6. The molecule has 2 amide bonds. The fourth-order valence-electron chi connectivity index (χ4n) is 2.79. The Labute approximate surface area is 145 Å². The molecule has 0 radical (unpaired) electrons. The Morgan fingerprint density at radius 3 is 3.12 bits per heavy atom. The highest BCUT2D eigenvalue weighted by molar-refractivity contribution is 7.99. The van der Waals surface area contributed by atoms with E-state index in [1.54, 1.807) is 0 Å². The van der Waals surface area contributed by atoms with E-state index in [9.17, 15) is 9.59 Å². The van der Waals surface area contributed by atoms with E-state index in [1.807, 2.05) is 30.0 Å². The first-order valence-electron chi connectivity index (χ1n) is 8.25. The number of hydrogen-bond donors (Lipinski definition) is 2. The van der Waals surface area contributed by atoms with Crippen LogP contribution in [-0.2, 0) is 9.59 Å². The molecule has 7 heteroatoms. The third-order valence-corrected chi connectivity index (χ3v) is 4.93. The van der Waals surface area contributed by atoms with Gasteiger partial charge >= 0.3 is 0 Å². The normalized spacial score (nSPS) is 14.5. The number of benzene rings is 1. The van der Waals surface area contributed by atoms with Gasteiger partial charge in [0.15, 0.2) is 5.16 Å². The summed E-state index contributed by atoms with van der Waals surface area (Å²) in [4.78, 5) is 32.9. The maximum Gasteiger partial charge on any atom is 0.230 e. The topological polar surface area (TPSA) is 78.1 Å². The van der Waals surface area contributed by atoms with Gasteiger partial charge in [-0.2, -0.15) is 0 Å². The number of fused-ring (bicyclic) bond motifs is 1. The number of aryl methyl sites for hydroxylation is 1. The lowest BCUT2D eigenvalue weighted by atomic mass is 10.2. The lowest BCUT2D eigenvalue weighted by Crippen LogP contribution is -2.31. The third kappa shape index (κ3) is 4.29. The van der Waals surface area contributed by atoms with Crippen LogP contribution in [0.3, 0.4) is 0 Å². The minimum atomic E-state index is -0.00983. The zero-order valence-electron chi connectivity index (χ0n) is 13.8. The molecular formula is C17H22N4O2S. The number of nitrogens with zero attached hydrogens (tertiary/aromatic N) is 2. The summed E-state index contributed by atoms with van der Waals surface area (Å²) < 4.78 is 0. The first-order chi connectivity index (χ1) is 11.6. The van der Waals surface area contributed by atoms with Crippen LogP contribution in [0.1, 0.15) is 24.8 Å². The molecule has 0 spiro atoms. The van der Waals surface area contributed by atoms with E-state index in [0.717, 1.165) is 42.1 Å². The van der Waals surface area contributed by atoms with Crippen molar-refractivity contribution in [1.82, 2.24) is 20.2 Å². The van der Waals surface area contributed by atoms with Crippen LogP contribution in [-0.4, -0.2) is 52.1 Å². The average Bonchev–Trinajstić information content (AvgIpc) is 3.15. The van der Waals surface area contributed by atoms with Gasteiger partial charge in [-0.1, -0.05) is 17.8 Å². The van der Waals surface area contributed by atoms with Crippen molar-refractivity contribution in [3.8, 4) is 0 Å². The number of thioether (sulfide) groups is 1. The fraction of sp³-hybridized carbons (Fsp3) is 0.471. The molecule has 1 fully saturated rings. The van der Waals surface area contributed by atoms with Crippen LogP contribution in [0.25, 0.3) is 11.0 Å². The summed E-state index contributed by atoms with van der Waals surface area (Å²) in [6.07, 6.45) is 2.42. The minimum absolute atomic E-state index is 0.00983. The molecule has 1 aromatic heterocycles. The van der Waals surface area contributed by atoms with Gasteiger partial charge in [-0.15, -0.1) is 0 Å². The van der Waals surface area contributed by atoms with E-state index in [1.165, 1.54) is 17.3 Å². The molecule has 6 nitrogen and oxygen atoms in total. The Bertz CT molecular complexity index is 743. The average molecular weight is 346 g/mol. The van der Waals surface area contributed by atoms with Crippen LogP contribution in [0, 0.1) is 6.92 Å². The number of H-pyrrole nitrogens is 1. The molecule has 128 valence electrons. The standard InChI is InChI=1S/C17H22N4O2S/c1-12-5-6-13-14(10-12)20-17(19-13)24-11-15(22)18-7-3-9-21-8-2-4-16(21)23/h5-6,10H,2-4,7-9,11H2,1H3,(H,18,22)(H,19,20). The number of rotatable bonds is 7. The molecule has 2 aromatic rings. The van der Waals surface area contributed by atoms with E-state index < -0.39 is 0 Å². The van der Waals surface area contributed by atoms with Crippen molar-refractivity contribution < 1.29 is 9.59 Å². The van der Waals surface area contributed by atoms with E-state index in [-0.39, 0.29) is 11.8 Å². The Morgan fingerprint density at radius 1 is 1.46 bits per heavy atom. The van der Waals surface area contributed by atoms with Gasteiger partial charge in [-0.05, 0) is 37.5 Å². The van der Waals surface area contributed by atoms with Crippen LogP contribution in [0.4, 0.5) is 0 Å². The van der Waals surface area contributed by atoms with Gasteiger partial charge in [0.2, 0.25) is 11.8 Å². The van der Waals surface area contributed by atoms with Crippen molar-refractivity contribution in [2.24, 2.45) is 0 Å². The highest BCUT2D eigenvalue weighted by Crippen LogP contribution is 2.20. The second kappa shape index (κ2) is 7.70. The number of amides is 2. The lowest BCUT2D eigenvalue weighted by Gasteiger charge is -2.15. The number of imidazole rings is 1. The summed E-state index contributed by atoms with van der Waals surface area (Å²) in [7, 11) is 0. The number of nitrogens with one attached hydrogen (secondary N) is 2. The first kappa shape index (κ1) is 16.8. The lowest BCUT2D eigenvalue weighted by molar-refractivity contribution is -0.127. The molecule has 0 aliphatic carbocycles. The van der Waals surface area contributed by atoms with Crippen LogP contribution in [0.5, 0.6) is 0 Å². The molecule has 3 rings (SSSR count). The molecule has 24 heavy (non-hydrogen) atoms. The minimum Gasteiger partial charge on any atom is -0.355 e. The maximum atomic E-state index is 11.9. The Balaban J connectivity index is 1.37. The van der Waals surface area contributed by atoms with Crippen molar-refractivity contribution in [2.45, 2.75) is 31.3 Å². The van der Waals surface area contributed by atoms with Crippen molar-refractivity contribution >= 4 is 34.6 Å². The van der Waals surface area contributed by atoms with Crippen molar-refractivity contribution in [3.63, 3.8) is 0 Å². The van der Waals surface area contributed by atoms with E-state index in [2.05, 4.69) is 15.3 Å². The molecule has 2 heterocycles. The predicted octanol–water partition coefficient (Wildman–Crippen LogP) is 2.09. The van der Waals surface area contributed by atoms with Crippen molar-refractivity contribution in [3.05, 3.63) is 23.8 Å². The summed E-state index contributed by atoms with van der Waals surface area (Å²) in [5.41, 5.74) is 3.09. The van der Waals surface area contributed by atoms with E-state index in [4.69, 9.17) is 0 Å². The van der Waals surface area contributed by atoms with Crippen LogP contribution < -0.4 is 5.32 Å². The first-order valence-corrected chi connectivity index (χ1v) is 9.24. The Kier molecular flexibility index (Phi) is 5.40. The fourth-order valence-corrected chi connectivity index (χ4v) is 3.51. The summed E-state index contributed by atoms with van der Waals surface area (Å²) in [6, 6.07) is 6.05. The number of likely N-dealkylation sites (tertiary alicyclic amines) is 1. The number of hydrogen-bond acceptors (Lipinski definition) is 4. The van der Waals surface area contributed by atoms with Crippen molar-refractivity contribution in [1.29, 1.82) is 0 Å². The monoisotopic (exact) mass is 346 g/mol. The molecule has 0 unspecified atom stereocenters. The summed E-state index contributed by atoms with van der Waals surface area (Å²) in [6.45, 7) is 4.22. The van der Waals surface area contributed by atoms with Gasteiger partial charge in [0.1, 0.15) is 0 Å². The van der Waals surface area contributed by atoms with Gasteiger partial charge in [-0.3, -0.25) is 9.59 Å². The van der Waals surface area contributed by atoms with E-state index >= 15 is 0 Å². The Morgan fingerprint density at radius 2 is 2.33 bits per heavy atom. The maximum absolute atomic E-state index is 11.9. The highest BCUT2D eigenvalue weighted by Gasteiger charge is 2.19. The number of aromatic nitrogens is 2. The largest absolute Gasteiger partial charge is 0.355 e. The number of carbonyl (C=O) groups is 2. The number of carbonyl (C=O) groups excluding carboxylic acids is 2. The molecule has 2 N–H and O–H groups in total. The molecule has 1 aliphatic rings. The molecular weight excluding hydrogens is 324 g/mol. The predicted molar refractivity (Wildman–Crippen MR) is 95.0 cm³/mol. The molecule has 1 aliphatic heterocycles. The van der Waals surface area contributed by atoms with Crippen LogP contribution >= 0.6 is 11.8 Å². The summed E-state index contributed by atoms with van der Waals surface area (Å²) in [5, 5.41) is 3.65. The molecule has 0 atom stereocenters. The molecule has 0 bridgehead atoms. The third-order valence-electron chi connectivity index (χ3n) is 4.05. The smallest absolute Gasteiger partial charge is 0.230 e. The van der Waals surface area contributed by atoms with Crippen LogP contribution in [0.2, 0.25) is 0 Å². The van der Waals surface area contributed by atoms with E-state index in [0.29, 0.717) is 18.7 Å². The van der Waals surface area contributed by atoms with Gasteiger partial charge in [0.25, 0.3) is 0 Å².